The van der Waals surface area contributed by atoms with Crippen LogP contribution in [0.1, 0.15) is 31.7 Å². The quantitative estimate of drug-likeness (QED) is 0.336. The average Bonchev–Trinajstić information content (AvgIpc) is 3.49. The highest BCUT2D eigenvalue weighted by Gasteiger charge is 2.48. The number of rotatable bonds is 4. The van der Waals surface area contributed by atoms with Crippen LogP contribution in [0.4, 0.5) is 14.6 Å². The molecule has 2 aromatic heterocycles. The molecule has 1 unspecified atom stereocenters. The molecule has 0 amide bonds. The third-order valence-corrected chi connectivity index (χ3v) is 9.55. The van der Waals surface area contributed by atoms with Gasteiger partial charge in [-0.25, -0.2) is 13.8 Å². The van der Waals surface area contributed by atoms with Crippen LogP contribution in [0.5, 0.6) is 17.6 Å². The summed E-state index contributed by atoms with van der Waals surface area (Å²) in [6, 6.07) is 5.37. The van der Waals surface area contributed by atoms with Crippen LogP contribution in [0, 0.1) is 29.9 Å². The second-order valence-electron chi connectivity index (χ2n) is 12.4. The Morgan fingerprint density at radius 2 is 2.05 bits per heavy atom. The van der Waals surface area contributed by atoms with Crippen LogP contribution in [-0.2, 0) is 4.74 Å². The molecule has 8 rings (SSSR count). The van der Waals surface area contributed by atoms with E-state index in [2.05, 4.69) is 27.7 Å². The molecule has 0 bridgehead atoms. The van der Waals surface area contributed by atoms with Gasteiger partial charge in [0.05, 0.1) is 30.4 Å². The first kappa shape index (κ1) is 27.3. The van der Waals surface area contributed by atoms with Crippen molar-refractivity contribution in [2.75, 3.05) is 51.0 Å². The molecule has 3 saturated heterocycles. The van der Waals surface area contributed by atoms with Gasteiger partial charge in [-0.3, -0.25) is 4.90 Å². The molecule has 1 N–H and O–H groups in total. The van der Waals surface area contributed by atoms with Crippen LogP contribution >= 0.6 is 0 Å². The Labute approximate surface area is 252 Å². The van der Waals surface area contributed by atoms with Gasteiger partial charge in [-0.1, -0.05) is 18.9 Å². The summed E-state index contributed by atoms with van der Waals surface area (Å²) in [4.78, 5) is 18.6. The molecule has 44 heavy (non-hydrogen) atoms. The van der Waals surface area contributed by atoms with Crippen molar-refractivity contribution in [2.45, 2.75) is 37.8 Å². The van der Waals surface area contributed by atoms with Crippen molar-refractivity contribution in [3.8, 4) is 41.2 Å². The van der Waals surface area contributed by atoms with E-state index in [0.717, 1.165) is 32.4 Å². The Hall–Kier alpha value is -4.27. The van der Waals surface area contributed by atoms with Crippen molar-refractivity contribution in [3.63, 3.8) is 0 Å². The zero-order valence-electron chi connectivity index (χ0n) is 24.3. The summed E-state index contributed by atoms with van der Waals surface area (Å²) >= 11 is 0. The van der Waals surface area contributed by atoms with Gasteiger partial charge in [-0.15, -0.1) is 6.42 Å². The number of aromatic nitrogens is 3. The second kappa shape index (κ2) is 10.1. The Morgan fingerprint density at radius 1 is 1.16 bits per heavy atom. The topological polar surface area (TPSA) is 93.1 Å². The first-order valence-corrected chi connectivity index (χ1v) is 15.0. The van der Waals surface area contributed by atoms with E-state index in [0.29, 0.717) is 48.9 Å². The van der Waals surface area contributed by atoms with Crippen molar-refractivity contribution >= 4 is 27.5 Å². The van der Waals surface area contributed by atoms with Crippen LogP contribution in [-0.4, -0.2) is 82.6 Å². The molecule has 0 radical (unpaired) electrons. The second-order valence-corrected chi connectivity index (χ2v) is 12.4. The van der Waals surface area contributed by atoms with Crippen molar-refractivity contribution < 1.29 is 28.1 Å². The predicted molar refractivity (Wildman–Crippen MR) is 160 cm³/mol. The molecule has 4 aliphatic heterocycles. The Morgan fingerprint density at radius 3 is 2.91 bits per heavy atom. The third kappa shape index (κ3) is 4.15. The van der Waals surface area contributed by atoms with Crippen molar-refractivity contribution in [1.82, 2.24) is 19.9 Å². The van der Waals surface area contributed by atoms with E-state index >= 15 is 4.39 Å². The van der Waals surface area contributed by atoms with Crippen molar-refractivity contribution in [3.05, 3.63) is 41.5 Å². The molecule has 11 heteroatoms. The number of aromatic hydroxyl groups is 1. The Kier molecular flexibility index (Phi) is 6.29. The molecule has 4 aliphatic rings. The van der Waals surface area contributed by atoms with E-state index in [1.165, 1.54) is 24.3 Å². The monoisotopic (exact) mass is 599 g/mol. The minimum atomic E-state index is -0.776. The summed E-state index contributed by atoms with van der Waals surface area (Å²) in [7, 11) is 0. The molecule has 3 fully saturated rings. The zero-order chi connectivity index (χ0) is 30.2. The SMILES string of the molecule is C#Cc1c(F)ccc2cc(O)cc(-c3nc4c5c(nc(OC[C@@]67CCCN6C[C@H](C)C7)nc5c3F)N3CCOCC3CO4)c12. The lowest BCUT2D eigenvalue weighted by Gasteiger charge is -2.35. The third-order valence-electron chi connectivity index (χ3n) is 9.55. The molecule has 3 atom stereocenters. The largest absolute Gasteiger partial charge is 0.508 e. The lowest BCUT2D eigenvalue weighted by Crippen LogP contribution is -2.48. The number of morpholine rings is 1. The van der Waals surface area contributed by atoms with E-state index < -0.39 is 11.6 Å². The maximum absolute atomic E-state index is 16.9. The van der Waals surface area contributed by atoms with Gasteiger partial charge >= 0.3 is 6.01 Å². The maximum Gasteiger partial charge on any atom is 0.319 e. The predicted octanol–water partition coefficient (Wildman–Crippen LogP) is 4.66. The van der Waals surface area contributed by atoms with Gasteiger partial charge in [-0.05, 0) is 55.3 Å². The summed E-state index contributed by atoms with van der Waals surface area (Å²) in [5, 5.41) is 11.6. The Balaban J connectivity index is 1.33. The minimum Gasteiger partial charge on any atom is -0.508 e. The molecular formula is C33H31F2N5O4. The molecule has 4 aromatic rings. The van der Waals surface area contributed by atoms with E-state index in [4.69, 9.17) is 25.6 Å². The minimum absolute atomic E-state index is 0.0344. The zero-order valence-corrected chi connectivity index (χ0v) is 24.3. The average molecular weight is 600 g/mol. The van der Waals surface area contributed by atoms with Crippen LogP contribution < -0.4 is 14.4 Å². The first-order chi connectivity index (χ1) is 21.3. The van der Waals surface area contributed by atoms with Crippen LogP contribution in [0.2, 0.25) is 0 Å². The summed E-state index contributed by atoms with van der Waals surface area (Å²) in [6.07, 6.45) is 8.87. The number of ether oxygens (including phenoxy) is 3. The normalized spacial score (nSPS) is 24.5. The van der Waals surface area contributed by atoms with Crippen LogP contribution in [0.25, 0.3) is 32.9 Å². The number of phenols is 1. The fraction of sp³-hybridized carbons (Fsp3) is 0.424. The fourth-order valence-corrected chi connectivity index (χ4v) is 7.68. The van der Waals surface area contributed by atoms with Gasteiger partial charge in [0.2, 0.25) is 5.88 Å². The number of hydrogen-bond acceptors (Lipinski definition) is 9. The number of benzene rings is 2. The molecule has 0 aliphatic carbocycles. The number of pyridine rings is 1. The number of terminal acetylenes is 1. The van der Waals surface area contributed by atoms with Gasteiger partial charge in [0.1, 0.15) is 47.2 Å². The smallest absolute Gasteiger partial charge is 0.319 e. The maximum atomic E-state index is 16.9. The van der Waals surface area contributed by atoms with Crippen LogP contribution in [0.15, 0.2) is 24.3 Å². The lowest BCUT2D eigenvalue weighted by atomic mass is 9.92. The number of nitrogens with zero attached hydrogens (tertiary/aromatic N) is 5. The summed E-state index contributed by atoms with van der Waals surface area (Å²) in [6.45, 7) is 6.36. The van der Waals surface area contributed by atoms with E-state index in [1.807, 2.05) is 4.90 Å². The molecular weight excluding hydrogens is 568 g/mol. The summed E-state index contributed by atoms with van der Waals surface area (Å²) in [5.41, 5.74) is -0.224. The number of hydrogen-bond donors (Lipinski definition) is 1. The van der Waals surface area contributed by atoms with E-state index in [9.17, 15) is 9.50 Å². The standard InChI is InChI=1S/C33H31F2N5O4/c1-3-22-24(34)6-5-19-11-21(41)12-23(25(19)22)28-27(35)29-26-30(40-9-10-42-15-20(40)16-43-31(26)36-28)38-32(37-29)44-17-33-7-4-8-39(33)14-18(2)13-33/h1,5-6,11-12,18,20,41H,4,7-10,13-17H2,2H3/t18-,20?,33+/m1/s1. The van der Waals surface area contributed by atoms with Gasteiger partial charge in [-0.2, -0.15) is 9.97 Å². The first-order valence-electron chi connectivity index (χ1n) is 15.0. The van der Waals surface area contributed by atoms with E-state index in [-0.39, 0.29) is 63.6 Å². The Bertz CT molecular complexity index is 1880. The van der Waals surface area contributed by atoms with Gasteiger partial charge < -0.3 is 24.2 Å². The molecule has 0 spiro atoms. The number of fused-ring (bicyclic) bond motifs is 4. The molecule has 9 nitrogen and oxygen atoms in total. The highest BCUT2D eigenvalue weighted by Crippen LogP contribution is 2.45. The van der Waals surface area contributed by atoms with Gasteiger partial charge in [0.15, 0.2) is 5.82 Å². The molecule has 2 aromatic carbocycles. The van der Waals surface area contributed by atoms with E-state index in [1.54, 1.807) is 0 Å². The van der Waals surface area contributed by atoms with Crippen molar-refractivity contribution in [1.29, 1.82) is 0 Å². The fourth-order valence-electron chi connectivity index (χ4n) is 7.68. The van der Waals surface area contributed by atoms with Crippen LogP contribution in [0.3, 0.4) is 0 Å². The molecule has 226 valence electrons. The van der Waals surface area contributed by atoms with Crippen molar-refractivity contribution in [2.24, 2.45) is 5.92 Å². The number of halogens is 2. The van der Waals surface area contributed by atoms with Gasteiger partial charge in [0.25, 0.3) is 0 Å². The summed E-state index contributed by atoms with van der Waals surface area (Å²) in [5.74, 6) is 1.99. The summed E-state index contributed by atoms with van der Waals surface area (Å²) < 4.78 is 50.0. The molecule has 6 heterocycles. The highest BCUT2D eigenvalue weighted by molar-refractivity contribution is 6.04. The highest BCUT2D eigenvalue weighted by atomic mass is 19.1. The molecule has 0 saturated carbocycles. The number of phenolic OH excluding ortho intramolecular Hbond substituents is 1. The lowest BCUT2D eigenvalue weighted by molar-refractivity contribution is 0.0774. The number of anilines is 1. The van der Waals surface area contributed by atoms with Gasteiger partial charge in [0, 0.05) is 24.0 Å².